The number of carbonyl (C=O) groups is 3. The van der Waals surface area contributed by atoms with Gasteiger partial charge in [-0.2, -0.15) is 0 Å². The molecule has 3 fully saturated rings. The van der Waals surface area contributed by atoms with E-state index >= 15 is 0 Å². The molecule has 2 bridgehead atoms. The zero-order valence-electron chi connectivity index (χ0n) is 12.8. The first-order valence-electron chi connectivity index (χ1n) is 8.25. The summed E-state index contributed by atoms with van der Waals surface area (Å²) < 4.78 is 0. The lowest BCUT2D eigenvalue weighted by Crippen LogP contribution is -2.40. The Hall–Kier alpha value is -2.23. The van der Waals surface area contributed by atoms with Gasteiger partial charge in [0.1, 0.15) is 0 Å². The molecule has 2 saturated carbocycles. The highest BCUT2D eigenvalue weighted by molar-refractivity contribution is 6.21. The van der Waals surface area contributed by atoms with Crippen LogP contribution in [0, 0.1) is 42.4 Å². The quantitative estimate of drug-likeness (QED) is 0.590. The van der Waals surface area contributed by atoms with Crippen molar-refractivity contribution in [2.24, 2.45) is 35.5 Å². The molecule has 6 atom stereocenters. The number of carbonyl (C=O) groups excluding carboxylic acids is 3. The van der Waals surface area contributed by atoms with Crippen LogP contribution in [0.1, 0.15) is 22.3 Å². The van der Waals surface area contributed by atoms with E-state index in [1.165, 1.54) is 0 Å². The predicted molar refractivity (Wildman–Crippen MR) is 82.1 cm³/mol. The van der Waals surface area contributed by atoms with E-state index in [0.717, 1.165) is 16.9 Å². The summed E-state index contributed by atoms with van der Waals surface area (Å²) in [7, 11) is 0. The molecule has 0 unspecified atom stereocenters. The van der Waals surface area contributed by atoms with Gasteiger partial charge in [-0.3, -0.25) is 14.4 Å². The van der Waals surface area contributed by atoms with Gasteiger partial charge in [0.25, 0.3) is 5.91 Å². The second kappa shape index (κ2) is 4.19. The van der Waals surface area contributed by atoms with Crippen molar-refractivity contribution in [2.45, 2.75) is 13.3 Å². The zero-order chi connectivity index (χ0) is 15.9. The van der Waals surface area contributed by atoms with Crippen molar-refractivity contribution >= 4 is 17.7 Å². The average Bonchev–Trinajstić information content (AvgIpc) is 3.32. The van der Waals surface area contributed by atoms with Crippen LogP contribution in [0.2, 0.25) is 0 Å². The summed E-state index contributed by atoms with van der Waals surface area (Å²) in [6, 6.07) is 7.02. The van der Waals surface area contributed by atoms with Gasteiger partial charge in [0.05, 0.1) is 11.8 Å². The van der Waals surface area contributed by atoms with Crippen molar-refractivity contribution in [3.05, 3.63) is 47.5 Å². The average molecular weight is 307 g/mol. The Kier molecular flexibility index (Phi) is 2.41. The lowest BCUT2D eigenvalue weighted by molar-refractivity contribution is -0.136. The minimum atomic E-state index is -0.470. The van der Waals surface area contributed by atoms with Crippen LogP contribution in [-0.4, -0.2) is 22.6 Å². The summed E-state index contributed by atoms with van der Waals surface area (Å²) in [6.07, 6.45) is 5.36. The van der Waals surface area contributed by atoms with E-state index in [1.807, 2.05) is 19.1 Å². The first kappa shape index (κ1) is 13.2. The second-order valence-corrected chi connectivity index (χ2v) is 7.34. The van der Waals surface area contributed by atoms with Crippen LogP contribution in [0.4, 0.5) is 0 Å². The molecule has 116 valence electrons. The third-order valence-corrected chi connectivity index (χ3v) is 6.16. The highest BCUT2D eigenvalue weighted by Gasteiger charge is 2.67. The minimum absolute atomic E-state index is 0.155. The van der Waals surface area contributed by atoms with E-state index in [4.69, 9.17) is 0 Å². The number of nitrogens with zero attached hydrogens (tertiary/aromatic N) is 1. The molecule has 5 aliphatic rings. The van der Waals surface area contributed by atoms with E-state index in [0.29, 0.717) is 17.4 Å². The summed E-state index contributed by atoms with van der Waals surface area (Å²) >= 11 is 0. The summed E-state index contributed by atoms with van der Waals surface area (Å²) in [5.41, 5.74) is 1.44. The summed E-state index contributed by atoms with van der Waals surface area (Å²) in [5, 5.41) is 0. The van der Waals surface area contributed by atoms with Gasteiger partial charge in [-0.1, -0.05) is 29.8 Å². The van der Waals surface area contributed by atoms with Crippen LogP contribution in [0.3, 0.4) is 0 Å². The number of likely N-dealkylation sites (tertiary alicyclic amines) is 1. The smallest absolute Gasteiger partial charge is 0.267 e. The third kappa shape index (κ3) is 1.58. The number of benzene rings is 1. The molecule has 6 rings (SSSR count). The van der Waals surface area contributed by atoms with E-state index in [-0.39, 0.29) is 35.5 Å². The van der Waals surface area contributed by atoms with Gasteiger partial charge in [-0.05, 0) is 49.1 Å². The van der Waals surface area contributed by atoms with Crippen molar-refractivity contribution in [3.8, 4) is 0 Å². The van der Waals surface area contributed by atoms with Crippen molar-refractivity contribution in [2.75, 3.05) is 0 Å². The summed E-state index contributed by atoms with van der Waals surface area (Å²) in [4.78, 5) is 39.3. The summed E-state index contributed by atoms with van der Waals surface area (Å²) in [5.74, 6) is -0.237. The van der Waals surface area contributed by atoms with E-state index in [2.05, 4.69) is 12.2 Å². The number of allylic oxidation sites excluding steroid dienone is 2. The van der Waals surface area contributed by atoms with Crippen LogP contribution in [0.5, 0.6) is 0 Å². The molecule has 4 aliphatic carbocycles. The molecule has 0 radical (unpaired) electrons. The van der Waals surface area contributed by atoms with Gasteiger partial charge < -0.3 is 0 Å². The minimum Gasteiger partial charge on any atom is -0.274 e. The highest BCUT2D eigenvalue weighted by Crippen LogP contribution is 2.65. The summed E-state index contributed by atoms with van der Waals surface area (Å²) in [6.45, 7) is 1.94. The number of aryl methyl sites for hydroxylation is 1. The Morgan fingerprint density at radius 3 is 2.00 bits per heavy atom. The van der Waals surface area contributed by atoms with E-state index < -0.39 is 5.91 Å². The lowest BCUT2D eigenvalue weighted by Gasteiger charge is -2.37. The molecule has 3 amide bonds. The van der Waals surface area contributed by atoms with E-state index in [1.54, 1.807) is 12.1 Å². The predicted octanol–water partition coefficient (Wildman–Crippen LogP) is 2.19. The second-order valence-electron chi connectivity index (χ2n) is 7.34. The van der Waals surface area contributed by atoms with Crippen LogP contribution >= 0.6 is 0 Å². The molecule has 4 nitrogen and oxygen atoms in total. The molecule has 1 saturated heterocycles. The Morgan fingerprint density at radius 2 is 1.48 bits per heavy atom. The first-order chi connectivity index (χ1) is 11.1. The number of imide groups is 3. The van der Waals surface area contributed by atoms with Gasteiger partial charge in [0.15, 0.2) is 0 Å². The van der Waals surface area contributed by atoms with Gasteiger partial charge in [0, 0.05) is 5.56 Å². The van der Waals surface area contributed by atoms with Crippen molar-refractivity contribution in [3.63, 3.8) is 0 Å². The molecule has 0 N–H and O–H groups in total. The van der Waals surface area contributed by atoms with Crippen molar-refractivity contribution in [1.82, 2.24) is 4.90 Å². The molecular formula is C19H17NO3. The monoisotopic (exact) mass is 307 g/mol. The fraction of sp³-hybridized carbons (Fsp3) is 0.421. The highest BCUT2D eigenvalue weighted by atomic mass is 16.2. The molecule has 0 spiro atoms. The fourth-order valence-electron chi connectivity index (χ4n) is 4.98. The van der Waals surface area contributed by atoms with Crippen LogP contribution in [0.15, 0.2) is 36.4 Å². The molecule has 1 heterocycles. The van der Waals surface area contributed by atoms with E-state index in [9.17, 15) is 14.4 Å². The largest absolute Gasteiger partial charge is 0.274 e. The Morgan fingerprint density at radius 1 is 0.957 bits per heavy atom. The Bertz CT molecular complexity index is 742. The normalized spacial score (nSPS) is 39.4. The van der Waals surface area contributed by atoms with Gasteiger partial charge in [0.2, 0.25) is 11.8 Å². The topological polar surface area (TPSA) is 54.5 Å². The number of hydrogen-bond acceptors (Lipinski definition) is 3. The fourth-order valence-corrected chi connectivity index (χ4v) is 4.98. The molecule has 23 heavy (non-hydrogen) atoms. The Balaban J connectivity index is 1.52. The standard InChI is InChI=1S/C19H17NO3/c1-9-2-4-10(5-3-9)17(21)20-18(22)15-11-6-7-12(14-8-13(11)14)16(15)19(20)23/h2-7,11-16H,8H2,1H3/t11-,12-,13-,14-,15+,16+/m0/s1. The SMILES string of the molecule is Cc1ccc(C(=O)N2C(=O)[C@@H]3[C@H]4C=C[C@@H]([C@@H]5C[C@@H]45)[C@H]3C2=O)cc1. The molecular weight excluding hydrogens is 290 g/mol. The van der Waals surface area contributed by atoms with Crippen molar-refractivity contribution in [1.29, 1.82) is 0 Å². The van der Waals surface area contributed by atoms with Crippen LogP contribution in [0.25, 0.3) is 0 Å². The molecule has 1 aromatic carbocycles. The number of amides is 3. The molecule has 1 aromatic rings. The molecule has 4 heteroatoms. The van der Waals surface area contributed by atoms with Crippen molar-refractivity contribution < 1.29 is 14.4 Å². The molecule has 0 aromatic heterocycles. The Labute approximate surface area is 134 Å². The van der Waals surface area contributed by atoms with Gasteiger partial charge in [-0.25, -0.2) is 4.90 Å². The number of hydrogen-bond donors (Lipinski definition) is 0. The lowest BCUT2D eigenvalue weighted by atomic mass is 9.63. The van der Waals surface area contributed by atoms with Crippen LogP contribution < -0.4 is 0 Å². The maximum atomic E-state index is 12.8. The van der Waals surface area contributed by atoms with Gasteiger partial charge >= 0.3 is 0 Å². The molecule has 1 aliphatic heterocycles. The first-order valence-corrected chi connectivity index (χ1v) is 8.25. The van der Waals surface area contributed by atoms with Gasteiger partial charge in [-0.15, -0.1) is 0 Å². The maximum absolute atomic E-state index is 12.8. The zero-order valence-corrected chi connectivity index (χ0v) is 12.8. The third-order valence-electron chi connectivity index (χ3n) is 6.16. The van der Waals surface area contributed by atoms with Crippen LogP contribution in [-0.2, 0) is 9.59 Å². The number of rotatable bonds is 1. The maximum Gasteiger partial charge on any atom is 0.267 e.